The summed E-state index contributed by atoms with van der Waals surface area (Å²) in [5.74, 6) is -8.67. The van der Waals surface area contributed by atoms with E-state index in [0.717, 1.165) is 0 Å². The van der Waals surface area contributed by atoms with Crippen LogP contribution in [0.5, 0.6) is 5.75 Å². The van der Waals surface area contributed by atoms with Gasteiger partial charge in [0.25, 0.3) is 5.91 Å². The maximum atomic E-state index is 13.3. The molecule has 4 rings (SSSR count). The average Bonchev–Trinajstić information content (AvgIpc) is 2.61. The zero-order chi connectivity index (χ0) is 21.4. The van der Waals surface area contributed by atoms with E-state index in [-0.39, 0.29) is 22.4 Å². The number of fused-ring (bicyclic) bond motifs is 3. The first-order valence-electron chi connectivity index (χ1n) is 8.96. The van der Waals surface area contributed by atoms with E-state index in [4.69, 9.17) is 5.73 Å². The van der Waals surface area contributed by atoms with Gasteiger partial charge in [-0.05, 0) is 18.6 Å². The molecule has 7 N–H and O–H groups in total. The van der Waals surface area contributed by atoms with Gasteiger partial charge < -0.3 is 31.3 Å². The Bertz CT molecular complexity index is 1050. The molecule has 5 unspecified atom stereocenters. The molecule has 1 fully saturated rings. The number of benzene rings is 1. The topological polar surface area (TPSA) is 178 Å². The molecule has 29 heavy (non-hydrogen) atoms. The van der Waals surface area contributed by atoms with Gasteiger partial charge in [0.1, 0.15) is 22.8 Å². The second-order valence-corrected chi connectivity index (χ2v) is 7.84. The van der Waals surface area contributed by atoms with Crippen LogP contribution in [0.1, 0.15) is 24.5 Å². The van der Waals surface area contributed by atoms with Crippen LogP contribution in [-0.4, -0.2) is 49.1 Å². The van der Waals surface area contributed by atoms with Crippen molar-refractivity contribution in [3.63, 3.8) is 0 Å². The number of carbonyl (C=O) groups is 3. The van der Waals surface area contributed by atoms with Gasteiger partial charge in [0, 0.05) is 17.9 Å². The fourth-order valence-electron chi connectivity index (χ4n) is 4.96. The predicted octanol–water partition coefficient (Wildman–Crippen LogP) is -0.0552. The molecular weight excluding hydrogens is 382 g/mol. The summed E-state index contributed by atoms with van der Waals surface area (Å²) >= 11 is 0. The Morgan fingerprint density at radius 1 is 1.21 bits per heavy atom. The third kappa shape index (κ3) is 2.31. The molecule has 1 amide bonds. The standard InChI is InChI=1S/C20H19NO8/c1-20(29)7-3-2-4-8(22)11(7)18(27)13-14(20)15(24)6-5-9(23)12(19(21)28)16(25)10(6)17(13)26/h2-4,6,10,14-15,22,24-25,27,29H,5H2,1H3,(H2,21,28). The number of ketones is 2. The fraction of sp³-hybridized carbons (Fsp3) is 0.350. The number of rotatable bonds is 1. The molecule has 3 aliphatic rings. The first-order chi connectivity index (χ1) is 13.5. The number of carbonyl (C=O) groups excluding carboxylic acids is 3. The number of amides is 1. The largest absolute Gasteiger partial charge is 0.511 e. The van der Waals surface area contributed by atoms with E-state index in [0.29, 0.717) is 0 Å². The van der Waals surface area contributed by atoms with Crippen LogP contribution in [0.25, 0.3) is 5.76 Å². The molecule has 152 valence electrons. The molecule has 0 saturated heterocycles. The van der Waals surface area contributed by atoms with Crippen LogP contribution in [0.4, 0.5) is 0 Å². The van der Waals surface area contributed by atoms with E-state index in [2.05, 4.69) is 0 Å². The van der Waals surface area contributed by atoms with Gasteiger partial charge in [-0.25, -0.2) is 0 Å². The number of Topliss-reactive ketones (excluding diaryl/α,β-unsaturated/α-hetero) is 2. The van der Waals surface area contributed by atoms with Gasteiger partial charge >= 0.3 is 0 Å². The summed E-state index contributed by atoms with van der Waals surface area (Å²) in [7, 11) is 0. The van der Waals surface area contributed by atoms with Crippen molar-refractivity contribution in [1.82, 2.24) is 0 Å². The van der Waals surface area contributed by atoms with Gasteiger partial charge in [-0.15, -0.1) is 0 Å². The van der Waals surface area contributed by atoms with Crippen LogP contribution in [-0.2, 0) is 20.0 Å². The monoisotopic (exact) mass is 401 g/mol. The normalized spacial score (nSPS) is 33.9. The van der Waals surface area contributed by atoms with Gasteiger partial charge in [0.15, 0.2) is 11.6 Å². The Labute approximate surface area is 164 Å². The van der Waals surface area contributed by atoms with Crippen LogP contribution < -0.4 is 5.73 Å². The Morgan fingerprint density at radius 2 is 1.86 bits per heavy atom. The summed E-state index contributed by atoms with van der Waals surface area (Å²) in [6.45, 7) is 1.33. The number of hydrogen-bond donors (Lipinski definition) is 6. The van der Waals surface area contributed by atoms with Crippen molar-refractivity contribution in [2.45, 2.75) is 25.0 Å². The molecule has 1 saturated carbocycles. The summed E-state index contributed by atoms with van der Waals surface area (Å²) in [6, 6.07) is 4.15. The number of phenols is 1. The molecule has 0 aromatic heterocycles. The number of allylic oxidation sites excluding steroid dienone is 1. The first kappa shape index (κ1) is 19.2. The maximum absolute atomic E-state index is 13.3. The first-order valence-corrected chi connectivity index (χ1v) is 8.96. The third-order valence-electron chi connectivity index (χ3n) is 6.25. The second kappa shape index (κ2) is 5.91. The molecule has 0 spiro atoms. The van der Waals surface area contributed by atoms with Crippen LogP contribution >= 0.6 is 0 Å². The quantitative estimate of drug-likeness (QED) is 0.354. The molecule has 0 radical (unpaired) electrons. The summed E-state index contributed by atoms with van der Waals surface area (Å²) in [6.07, 6.45) is -1.95. The molecular formula is C20H19NO8. The Hall–Kier alpha value is -3.17. The van der Waals surface area contributed by atoms with Crippen molar-refractivity contribution in [3.05, 3.63) is 46.2 Å². The summed E-state index contributed by atoms with van der Waals surface area (Å²) in [5, 5.41) is 53.6. The van der Waals surface area contributed by atoms with Crippen LogP contribution in [0, 0.1) is 17.8 Å². The van der Waals surface area contributed by atoms with E-state index in [1.165, 1.54) is 25.1 Å². The maximum Gasteiger partial charge on any atom is 0.255 e. The highest BCUT2D eigenvalue weighted by Gasteiger charge is 2.60. The highest BCUT2D eigenvalue weighted by Crippen LogP contribution is 2.55. The number of phenolic OH excluding ortho intramolecular Hbond substituents is 1. The highest BCUT2D eigenvalue weighted by molar-refractivity contribution is 6.21. The lowest BCUT2D eigenvalue weighted by Gasteiger charge is -2.49. The molecule has 1 aromatic carbocycles. The summed E-state index contributed by atoms with van der Waals surface area (Å²) in [5.41, 5.74) is 2.12. The Morgan fingerprint density at radius 3 is 2.48 bits per heavy atom. The van der Waals surface area contributed by atoms with Gasteiger partial charge in [0.05, 0.1) is 29.1 Å². The predicted molar refractivity (Wildman–Crippen MR) is 97.2 cm³/mol. The van der Waals surface area contributed by atoms with Crippen molar-refractivity contribution in [2.75, 3.05) is 0 Å². The van der Waals surface area contributed by atoms with E-state index in [1.807, 2.05) is 0 Å². The van der Waals surface area contributed by atoms with Gasteiger partial charge in [-0.1, -0.05) is 12.1 Å². The van der Waals surface area contributed by atoms with Crippen molar-refractivity contribution in [1.29, 1.82) is 0 Å². The van der Waals surface area contributed by atoms with E-state index in [1.54, 1.807) is 0 Å². The van der Waals surface area contributed by atoms with E-state index >= 15 is 0 Å². The third-order valence-corrected chi connectivity index (χ3v) is 6.25. The molecule has 1 aromatic rings. The summed E-state index contributed by atoms with van der Waals surface area (Å²) < 4.78 is 0. The van der Waals surface area contributed by atoms with Gasteiger partial charge in [-0.2, -0.15) is 0 Å². The van der Waals surface area contributed by atoms with Crippen molar-refractivity contribution >= 4 is 23.2 Å². The van der Waals surface area contributed by atoms with Crippen molar-refractivity contribution in [3.8, 4) is 5.75 Å². The zero-order valence-corrected chi connectivity index (χ0v) is 15.3. The fourth-order valence-corrected chi connectivity index (χ4v) is 4.96. The number of aromatic hydroxyl groups is 1. The Balaban J connectivity index is 2.00. The smallest absolute Gasteiger partial charge is 0.255 e. The van der Waals surface area contributed by atoms with Crippen molar-refractivity contribution < 1.29 is 39.9 Å². The number of aliphatic hydroxyl groups excluding tert-OH is 3. The number of hydrogen-bond acceptors (Lipinski definition) is 8. The van der Waals surface area contributed by atoms with Gasteiger partial charge in [0.2, 0.25) is 0 Å². The van der Waals surface area contributed by atoms with Gasteiger partial charge in [-0.3, -0.25) is 14.4 Å². The molecule has 0 heterocycles. The van der Waals surface area contributed by atoms with Crippen LogP contribution in [0.15, 0.2) is 35.1 Å². The number of nitrogens with two attached hydrogens (primary N) is 1. The average molecular weight is 401 g/mol. The van der Waals surface area contributed by atoms with Crippen LogP contribution in [0.3, 0.4) is 0 Å². The molecule has 9 heteroatoms. The Kier molecular flexibility index (Phi) is 3.91. The SMILES string of the molecule is CC1(O)c2cccc(O)c2C(O)=C2C(=O)C3C(O)=C(C(N)=O)C(=O)CC3C(O)C21. The number of aliphatic hydroxyl groups is 4. The molecule has 5 atom stereocenters. The molecule has 0 aliphatic heterocycles. The van der Waals surface area contributed by atoms with E-state index < -0.39 is 70.4 Å². The summed E-state index contributed by atoms with van der Waals surface area (Å²) in [4.78, 5) is 37.1. The highest BCUT2D eigenvalue weighted by atomic mass is 16.3. The van der Waals surface area contributed by atoms with Crippen LogP contribution in [0.2, 0.25) is 0 Å². The lowest BCUT2D eigenvalue weighted by atomic mass is 9.56. The minimum atomic E-state index is -1.87. The lowest BCUT2D eigenvalue weighted by molar-refractivity contribution is -0.143. The second-order valence-electron chi connectivity index (χ2n) is 7.84. The number of primary amides is 1. The van der Waals surface area contributed by atoms with E-state index in [9.17, 15) is 39.9 Å². The molecule has 0 bridgehead atoms. The minimum Gasteiger partial charge on any atom is -0.511 e. The minimum absolute atomic E-state index is 0.105. The molecule has 9 nitrogen and oxygen atoms in total. The zero-order valence-electron chi connectivity index (χ0n) is 15.3. The molecule has 3 aliphatic carbocycles. The lowest BCUT2D eigenvalue weighted by Crippen LogP contribution is -2.57. The van der Waals surface area contributed by atoms with Crippen molar-refractivity contribution in [2.24, 2.45) is 23.5 Å².